The van der Waals surface area contributed by atoms with Crippen molar-refractivity contribution in [3.05, 3.63) is 28.8 Å². The second kappa shape index (κ2) is 7.54. The summed E-state index contributed by atoms with van der Waals surface area (Å²) in [6.07, 6.45) is 0. The lowest BCUT2D eigenvalue weighted by molar-refractivity contribution is 0.308. The van der Waals surface area contributed by atoms with Crippen LogP contribution in [-0.4, -0.2) is 45.2 Å². The summed E-state index contributed by atoms with van der Waals surface area (Å²) < 4.78 is 5.61. The van der Waals surface area contributed by atoms with Crippen LogP contribution < -0.4 is 10.1 Å². The first-order valence-corrected chi connectivity index (χ1v) is 6.22. The standard InChI is InChI=1S/C13H21ClN2O/c1-11-10-12(4-5-13(11)14)17-9-7-15-6-8-16(2)3/h4-5,10,15H,6-9H2,1-3H3. The summed E-state index contributed by atoms with van der Waals surface area (Å²) >= 11 is 5.94. The molecule has 0 atom stereocenters. The highest BCUT2D eigenvalue weighted by Crippen LogP contribution is 2.20. The Bertz CT molecular complexity index is 342. The molecule has 0 aliphatic carbocycles. The minimum absolute atomic E-state index is 0.675. The smallest absolute Gasteiger partial charge is 0.119 e. The first kappa shape index (κ1) is 14.3. The molecule has 3 nitrogen and oxygen atoms in total. The molecule has 0 aliphatic heterocycles. The predicted octanol–water partition coefficient (Wildman–Crippen LogP) is 2.18. The third kappa shape index (κ3) is 5.91. The summed E-state index contributed by atoms with van der Waals surface area (Å²) in [5, 5.41) is 4.10. The Labute approximate surface area is 109 Å². The summed E-state index contributed by atoms with van der Waals surface area (Å²) in [4.78, 5) is 2.15. The van der Waals surface area contributed by atoms with E-state index in [-0.39, 0.29) is 0 Å². The minimum Gasteiger partial charge on any atom is -0.492 e. The SMILES string of the molecule is Cc1cc(OCCNCCN(C)C)ccc1Cl. The second-order valence-electron chi connectivity index (χ2n) is 4.31. The summed E-state index contributed by atoms with van der Waals surface area (Å²) in [5.74, 6) is 0.876. The molecular formula is C13H21ClN2O. The van der Waals surface area contributed by atoms with E-state index in [2.05, 4.69) is 24.3 Å². The number of rotatable bonds is 7. The van der Waals surface area contributed by atoms with Crippen LogP contribution in [0.3, 0.4) is 0 Å². The molecule has 0 fully saturated rings. The lowest BCUT2D eigenvalue weighted by Gasteiger charge is -2.11. The normalized spacial score (nSPS) is 10.9. The van der Waals surface area contributed by atoms with Crippen LogP contribution >= 0.6 is 11.6 Å². The maximum Gasteiger partial charge on any atom is 0.119 e. The Hall–Kier alpha value is -0.770. The predicted molar refractivity (Wildman–Crippen MR) is 73.1 cm³/mol. The molecule has 17 heavy (non-hydrogen) atoms. The summed E-state index contributed by atoms with van der Waals surface area (Å²) in [6.45, 7) is 5.53. The van der Waals surface area contributed by atoms with E-state index in [4.69, 9.17) is 16.3 Å². The van der Waals surface area contributed by atoms with E-state index in [1.54, 1.807) is 0 Å². The lowest BCUT2D eigenvalue weighted by atomic mass is 10.2. The number of benzene rings is 1. The van der Waals surface area contributed by atoms with Crippen LogP contribution in [0.1, 0.15) is 5.56 Å². The molecule has 0 amide bonds. The molecule has 0 saturated heterocycles. The van der Waals surface area contributed by atoms with Crippen molar-refractivity contribution in [2.24, 2.45) is 0 Å². The second-order valence-corrected chi connectivity index (χ2v) is 4.72. The fourth-order valence-corrected chi connectivity index (χ4v) is 1.49. The van der Waals surface area contributed by atoms with Gasteiger partial charge >= 0.3 is 0 Å². The van der Waals surface area contributed by atoms with Crippen molar-refractivity contribution in [1.29, 1.82) is 0 Å². The van der Waals surface area contributed by atoms with Crippen molar-refractivity contribution in [2.45, 2.75) is 6.92 Å². The van der Waals surface area contributed by atoms with Crippen molar-refractivity contribution < 1.29 is 4.74 Å². The number of halogens is 1. The van der Waals surface area contributed by atoms with E-state index in [1.807, 2.05) is 25.1 Å². The van der Waals surface area contributed by atoms with Crippen molar-refractivity contribution in [3.8, 4) is 5.75 Å². The van der Waals surface area contributed by atoms with Crippen LogP contribution in [0.25, 0.3) is 0 Å². The number of hydrogen-bond donors (Lipinski definition) is 1. The molecule has 1 rings (SSSR count). The van der Waals surface area contributed by atoms with Gasteiger partial charge in [0.15, 0.2) is 0 Å². The first-order chi connectivity index (χ1) is 8.09. The molecule has 0 saturated carbocycles. The number of nitrogens with zero attached hydrogens (tertiary/aromatic N) is 1. The topological polar surface area (TPSA) is 24.5 Å². The maximum absolute atomic E-state index is 5.94. The molecule has 0 radical (unpaired) electrons. The zero-order valence-electron chi connectivity index (χ0n) is 10.8. The number of likely N-dealkylation sites (N-methyl/N-ethyl adjacent to an activating group) is 1. The van der Waals surface area contributed by atoms with E-state index < -0.39 is 0 Å². The summed E-state index contributed by atoms with van der Waals surface area (Å²) in [5.41, 5.74) is 1.05. The number of nitrogens with one attached hydrogen (secondary N) is 1. The third-order valence-corrected chi connectivity index (χ3v) is 2.84. The molecule has 4 heteroatoms. The number of aryl methyl sites for hydroxylation is 1. The Balaban J connectivity index is 2.16. The Morgan fingerprint density at radius 1 is 1.29 bits per heavy atom. The molecule has 0 aromatic heterocycles. The molecule has 0 spiro atoms. The summed E-state index contributed by atoms with van der Waals surface area (Å²) in [7, 11) is 4.13. The molecule has 0 aliphatic rings. The van der Waals surface area contributed by atoms with Gasteiger partial charge in [0, 0.05) is 24.7 Å². The van der Waals surface area contributed by atoms with Gasteiger partial charge in [-0.15, -0.1) is 0 Å². The largest absolute Gasteiger partial charge is 0.492 e. The van der Waals surface area contributed by atoms with Crippen LogP contribution in [0.2, 0.25) is 5.02 Å². The zero-order chi connectivity index (χ0) is 12.7. The first-order valence-electron chi connectivity index (χ1n) is 5.84. The van der Waals surface area contributed by atoms with Crippen molar-refractivity contribution >= 4 is 11.6 Å². The molecule has 1 N–H and O–H groups in total. The monoisotopic (exact) mass is 256 g/mol. The fraction of sp³-hybridized carbons (Fsp3) is 0.538. The van der Waals surface area contributed by atoms with Crippen LogP contribution in [-0.2, 0) is 0 Å². The van der Waals surface area contributed by atoms with Gasteiger partial charge in [0.1, 0.15) is 12.4 Å². The maximum atomic E-state index is 5.94. The zero-order valence-corrected chi connectivity index (χ0v) is 11.5. The van der Waals surface area contributed by atoms with Gasteiger partial charge in [-0.2, -0.15) is 0 Å². The van der Waals surface area contributed by atoms with Gasteiger partial charge in [-0.1, -0.05) is 11.6 Å². The molecule has 0 bridgehead atoms. The number of ether oxygens (including phenoxy) is 1. The Morgan fingerprint density at radius 3 is 2.71 bits per heavy atom. The molecular weight excluding hydrogens is 236 g/mol. The molecule has 0 heterocycles. The van der Waals surface area contributed by atoms with Crippen molar-refractivity contribution in [1.82, 2.24) is 10.2 Å². The lowest BCUT2D eigenvalue weighted by Crippen LogP contribution is -2.29. The molecule has 1 aromatic rings. The van der Waals surface area contributed by atoms with Gasteiger partial charge in [0.25, 0.3) is 0 Å². The molecule has 96 valence electrons. The van der Waals surface area contributed by atoms with Gasteiger partial charge in [-0.3, -0.25) is 0 Å². The summed E-state index contributed by atoms with van der Waals surface area (Å²) in [6, 6.07) is 5.73. The van der Waals surface area contributed by atoms with Gasteiger partial charge < -0.3 is 15.0 Å². The Morgan fingerprint density at radius 2 is 2.06 bits per heavy atom. The van der Waals surface area contributed by atoms with Crippen molar-refractivity contribution in [2.75, 3.05) is 40.3 Å². The van der Waals surface area contributed by atoms with E-state index in [0.717, 1.165) is 36.0 Å². The van der Waals surface area contributed by atoms with Gasteiger partial charge in [0.05, 0.1) is 0 Å². The fourth-order valence-electron chi connectivity index (χ4n) is 1.38. The molecule has 0 unspecified atom stereocenters. The Kier molecular flexibility index (Phi) is 6.34. The van der Waals surface area contributed by atoms with E-state index >= 15 is 0 Å². The highest BCUT2D eigenvalue weighted by Gasteiger charge is 1.98. The van der Waals surface area contributed by atoms with E-state index in [1.165, 1.54) is 0 Å². The van der Waals surface area contributed by atoms with Crippen LogP contribution in [0.5, 0.6) is 5.75 Å². The highest BCUT2D eigenvalue weighted by molar-refractivity contribution is 6.31. The third-order valence-electron chi connectivity index (χ3n) is 2.41. The minimum atomic E-state index is 0.675. The average Bonchev–Trinajstić information content (AvgIpc) is 2.27. The highest BCUT2D eigenvalue weighted by atomic mass is 35.5. The van der Waals surface area contributed by atoms with Gasteiger partial charge in [0.2, 0.25) is 0 Å². The molecule has 1 aromatic carbocycles. The average molecular weight is 257 g/mol. The van der Waals surface area contributed by atoms with Crippen LogP contribution in [0, 0.1) is 6.92 Å². The van der Waals surface area contributed by atoms with Crippen molar-refractivity contribution in [3.63, 3.8) is 0 Å². The van der Waals surface area contributed by atoms with Crippen LogP contribution in [0.4, 0.5) is 0 Å². The quantitative estimate of drug-likeness (QED) is 0.757. The van der Waals surface area contributed by atoms with Crippen LogP contribution in [0.15, 0.2) is 18.2 Å². The number of hydrogen-bond acceptors (Lipinski definition) is 3. The van der Waals surface area contributed by atoms with E-state index in [0.29, 0.717) is 6.61 Å². The van der Waals surface area contributed by atoms with Gasteiger partial charge in [-0.05, 0) is 44.8 Å². The van der Waals surface area contributed by atoms with E-state index in [9.17, 15) is 0 Å². The van der Waals surface area contributed by atoms with Gasteiger partial charge in [-0.25, -0.2) is 0 Å².